The van der Waals surface area contributed by atoms with Gasteiger partial charge in [0.25, 0.3) is 23.2 Å². The minimum Gasteiger partial charge on any atom is -0.337 e. The van der Waals surface area contributed by atoms with Crippen molar-refractivity contribution in [2.24, 2.45) is 0 Å². The van der Waals surface area contributed by atoms with Gasteiger partial charge in [-0.25, -0.2) is 9.97 Å². The molecule has 0 aliphatic heterocycles. The second-order valence-corrected chi connectivity index (χ2v) is 11.5. The molecule has 14 nitrogen and oxygen atoms in total. The van der Waals surface area contributed by atoms with Gasteiger partial charge in [0, 0.05) is 35.4 Å². The van der Waals surface area contributed by atoms with Crippen LogP contribution in [0.25, 0.3) is 45.6 Å². The third kappa shape index (κ3) is 7.16. The smallest absolute Gasteiger partial charge is 0.271 e. The van der Waals surface area contributed by atoms with Gasteiger partial charge < -0.3 is 20.6 Å². The quantitative estimate of drug-likeness (QED) is 0.0858. The van der Waals surface area contributed by atoms with E-state index in [4.69, 9.17) is 0 Å². The molecule has 0 radical (unpaired) electrons. The van der Waals surface area contributed by atoms with Gasteiger partial charge in [-0.3, -0.25) is 29.8 Å². The largest absolute Gasteiger partial charge is 0.337 e. The van der Waals surface area contributed by atoms with Crippen molar-refractivity contribution in [1.29, 1.82) is 0 Å². The Morgan fingerprint density at radius 3 is 1.31 bits per heavy atom. The molecule has 0 fully saturated rings. The van der Waals surface area contributed by atoms with Crippen molar-refractivity contribution >= 4 is 68.8 Å². The normalized spacial score (nSPS) is 11.8. The molecule has 4 N–H and O–H groups in total. The molecule has 52 heavy (non-hydrogen) atoms. The van der Waals surface area contributed by atoms with Gasteiger partial charge in [-0.05, 0) is 59.7 Å². The zero-order valence-corrected chi connectivity index (χ0v) is 26.9. The standard InChI is InChI=1S/C38H26N8O6/c47-37(25-7-3-1-4-8-25)43-33(35-39-29-17-15-27(45(49)50)21-31(29)41-35)19-23-11-13-24(14-12-23)20-34(44-38(48)26-9-5-2-6-10-26)36-40-30-18-16-28(46(51)52)22-32(30)42-36/h1-22H,(H,39,41)(H,40,42)(H,43,47)(H,44,48)/b33-19-,34-20-. The molecule has 0 aliphatic rings. The first-order chi connectivity index (χ1) is 25.2. The zero-order chi connectivity index (χ0) is 36.2. The SMILES string of the molecule is O=C(N/C(=C\c1ccc(/C=C(\NC(=O)c2ccccc2)c2nc3ccc([N+](=O)[O-])cc3[nH]2)cc1)c1nc2ccc([N+](=O)[O-])cc2[nH]1)c1ccccc1. The number of H-pyrrole nitrogens is 2. The topological polar surface area (TPSA) is 202 Å². The summed E-state index contributed by atoms with van der Waals surface area (Å²) in [6.07, 6.45) is 3.43. The second-order valence-electron chi connectivity index (χ2n) is 11.5. The van der Waals surface area contributed by atoms with E-state index in [-0.39, 0.29) is 23.2 Å². The van der Waals surface area contributed by atoms with Crippen molar-refractivity contribution in [3.8, 4) is 0 Å². The first-order valence-electron chi connectivity index (χ1n) is 15.8. The van der Waals surface area contributed by atoms with Crippen LogP contribution < -0.4 is 10.6 Å². The highest BCUT2D eigenvalue weighted by atomic mass is 16.6. The lowest BCUT2D eigenvalue weighted by molar-refractivity contribution is -0.384. The van der Waals surface area contributed by atoms with Gasteiger partial charge in [0.05, 0.1) is 43.3 Å². The molecular formula is C38H26N8O6. The van der Waals surface area contributed by atoms with Crippen LogP contribution >= 0.6 is 0 Å². The van der Waals surface area contributed by atoms with Crippen LogP contribution in [0.3, 0.4) is 0 Å². The Kier molecular flexibility index (Phi) is 8.83. The van der Waals surface area contributed by atoms with Gasteiger partial charge >= 0.3 is 0 Å². The Morgan fingerprint density at radius 1 is 0.558 bits per heavy atom. The van der Waals surface area contributed by atoms with Crippen LogP contribution in [0.2, 0.25) is 0 Å². The molecule has 2 heterocycles. The van der Waals surface area contributed by atoms with Crippen LogP contribution in [0.15, 0.2) is 121 Å². The number of amides is 2. The molecule has 0 aliphatic carbocycles. The Labute approximate surface area is 293 Å². The average molecular weight is 691 g/mol. The molecule has 0 bridgehead atoms. The van der Waals surface area contributed by atoms with Gasteiger partial charge in [-0.2, -0.15) is 0 Å². The third-order valence-electron chi connectivity index (χ3n) is 7.99. The minimum atomic E-state index is -0.497. The number of aromatic nitrogens is 4. The van der Waals surface area contributed by atoms with E-state index in [0.717, 1.165) is 0 Å². The number of aromatic amines is 2. The fraction of sp³-hybridized carbons (Fsp3) is 0. The lowest BCUT2D eigenvalue weighted by Gasteiger charge is -2.10. The number of nitro benzene ring substituents is 2. The van der Waals surface area contributed by atoms with E-state index < -0.39 is 9.85 Å². The van der Waals surface area contributed by atoms with Crippen molar-refractivity contribution in [2.45, 2.75) is 0 Å². The summed E-state index contributed by atoms with van der Waals surface area (Å²) in [7, 11) is 0. The number of rotatable bonds is 10. The zero-order valence-electron chi connectivity index (χ0n) is 26.9. The van der Waals surface area contributed by atoms with E-state index in [2.05, 4.69) is 30.6 Å². The van der Waals surface area contributed by atoms with E-state index in [1.165, 1.54) is 36.4 Å². The number of imidazole rings is 2. The van der Waals surface area contributed by atoms with E-state index in [1.54, 1.807) is 97.1 Å². The summed E-state index contributed by atoms with van der Waals surface area (Å²) in [5, 5.41) is 28.5. The number of benzene rings is 5. The van der Waals surface area contributed by atoms with Crippen LogP contribution in [-0.2, 0) is 0 Å². The number of carbonyl (C=O) groups is 2. The summed E-state index contributed by atoms with van der Waals surface area (Å²) in [5.41, 5.74) is 4.45. The van der Waals surface area contributed by atoms with Crippen molar-refractivity contribution in [3.05, 3.63) is 175 Å². The lowest BCUT2D eigenvalue weighted by Crippen LogP contribution is -2.22. The van der Waals surface area contributed by atoms with Gasteiger partial charge in [0.1, 0.15) is 0 Å². The predicted octanol–water partition coefficient (Wildman–Crippen LogP) is 7.11. The summed E-state index contributed by atoms with van der Waals surface area (Å²) in [4.78, 5) is 63.5. The number of nitro groups is 2. The van der Waals surface area contributed by atoms with E-state index in [0.29, 0.717) is 67.4 Å². The lowest BCUT2D eigenvalue weighted by atomic mass is 10.1. The number of carbonyl (C=O) groups excluding carboxylic acids is 2. The maximum Gasteiger partial charge on any atom is 0.271 e. The molecule has 0 spiro atoms. The predicted molar refractivity (Wildman–Crippen MR) is 195 cm³/mol. The number of fused-ring (bicyclic) bond motifs is 2. The number of nitrogens with one attached hydrogen (secondary N) is 4. The van der Waals surface area contributed by atoms with E-state index in [1.807, 2.05) is 0 Å². The van der Waals surface area contributed by atoms with Gasteiger partial charge in [0.15, 0.2) is 11.6 Å². The molecule has 0 unspecified atom stereocenters. The maximum atomic E-state index is 13.2. The van der Waals surface area contributed by atoms with Crippen LogP contribution in [-0.4, -0.2) is 41.6 Å². The molecule has 0 atom stereocenters. The van der Waals surface area contributed by atoms with E-state index >= 15 is 0 Å². The van der Waals surface area contributed by atoms with Crippen LogP contribution in [0, 0.1) is 20.2 Å². The highest BCUT2D eigenvalue weighted by molar-refractivity contribution is 6.03. The first kappa shape index (κ1) is 32.8. The first-order valence-corrected chi connectivity index (χ1v) is 15.8. The summed E-state index contributed by atoms with van der Waals surface area (Å²) >= 11 is 0. The molecule has 5 aromatic carbocycles. The molecule has 0 saturated heterocycles. The Bertz CT molecular complexity index is 2380. The van der Waals surface area contributed by atoms with Gasteiger partial charge in [-0.15, -0.1) is 0 Å². The monoisotopic (exact) mass is 690 g/mol. The summed E-state index contributed by atoms with van der Waals surface area (Å²) in [5.74, 6) is -0.180. The van der Waals surface area contributed by atoms with Crippen molar-refractivity contribution in [1.82, 2.24) is 30.6 Å². The molecule has 254 valence electrons. The van der Waals surface area contributed by atoms with Crippen molar-refractivity contribution in [3.63, 3.8) is 0 Å². The Morgan fingerprint density at radius 2 is 0.942 bits per heavy atom. The highest BCUT2D eigenvalue weighted by Crippen LogP contribution is 2.25. The highest BCUT2D eigenvalue weighted by Gasteiger charge is 2.17. The minimum absolute atomic E-state index is 0.103. The van der Waals surface area contributed by atoms with Crippen molar-refractivity contribution < 1.29 is 19.4 Å². The van der Waals surface area contributed by atoms with Crippen LogP contribution in [0.1, 0.15) is 43.5 Å². The molecule has 7 aromatic rings. The summed E-state index contributed by atoms with van der Waals surface area (Å²) in [6, 6.07) is 33.0. The van der Waals surface area contributed by atoms with Crippen LogP contribution in [0.4, 0.5) is 11.4 Å². The maximum absolute atomic E-state index is 13.2. The summed E-state index contributed by atoms with van der Waals surface area (Å²) < 4.78 is 0. The average Bonchev–Trinajstić information content (AvgIpc) is 3.79. The number of nitrogens with zero attached hydrogens (tertiary/aromatic N) is 4. The second kappa shape index (κ2) is 14.0. The Balaban J connectivity index is 1.24. The fourth-order valence-electron chi connectivity index (χ4n) is 5.39. The molecule has 2 aromatic heterocycles. The number of hydrogen-bond donors (Lipinski definition) is 4. The molecule has 2 amide bonds. The number of non-ortho nitro benzene ring substituents is 2. The van der Waals surface area contributed by atoms with Crippen molar-refractivity contribution in [2.75, 3.05) is 0 Å². The van der Waals surface area contributed by atoms with E-state index in [9.17, 15) is 29.8 Å². The van der Waals surface area contributed by atoms with Gasteiger partial charge in [-0.1, -0.05) is 60.7 Å². The molecule has 14 heteroatoms. The molecular weight excluding hydrogens is 664 g/mol. The number of hydrogen-bond acceptors (Lipinski definition) is 8. The van der Waals surface area contributed by atoms with Crippen LogP contribution in [0.5, 0.6) is 0 Å². The third-order valence-corrected chi connectivity index (χ3v) is 7.99. The fourth-order valence-corrected chi connectivity index (χ4v) is 5.39. The molecule has 0 saturated carbocycles. The van der Waals surface area contributed by atoms with Gasteiger partial charge in [0.2, 0.25) is 0 Å². The molecule has 7 rings (SSSR count). The summed E-state index contributed by atoms with van der Waals surface area (Å²) in [6.45, 7) is 0. The Hall–Kier alpha value is -7.74.